The third-order valence-corrected chi connectivity index (χ3v) is 8.87. The highest BCUT2D eigenvalue weighted by Gasteiger charge is 2.51. The number of benzene rings is 1. The molecule has 0 N–H and O–H groups in total. The first-order chi connectivity index (χ1) is 18.9. The zero-order valence-corrected chi connectivity index (χ0v) is 25.5. The largest absolute Gasteiger partial charge is 0.493 e. The molecule has 2 bridgehead atoms. The lowest BCUT2D eigenvalue weighted by molar-refractivity contribution is -0.0107. The highest BCUT2D eigenvalue weighted by molar-refractivity contribution is 5.96. The van der Waals surface area contributed by atoms with Crippen LogP contribution in [0.1, 0.15) is 57.8 Å². The summed E-state index contributed by atoms with van der Waals surface area (Å²) in [5.74, 6) is 2.58. The Morgan fingerprint density at radius 3 is 2.12 bits per heavy atom. The zero-order chi connectivity index (χ0) is 29.2. The molecule has 1 aliphatic heterocycles. The van der Waals surface area contributed by atoms with Gasteiger partial charge < -0.3 is 28.7 Å². The molecule has 2 amide bonds. The molecule has 2 fully saturated rings. The normalized spacial score (nSPS) is 22.1. The molecule has 4 aliphatic rings. The fourth-order valence-electron chi connectivity index (χ4n) is 6.26. The van der Waals surface area contributed by atoms with E-state index in [-0.39, 0.29) is 17.4 Å². The molecular formula is C31H47N3O6. The van der Waals surface area contributed by atoms with Crippen molar-refractivity contribution in [1.82, 2.24) is 14.7 Å². The van der Waals surface area contributed by atoms with E-state index in [1.807, 2.05) is 25.7 Å². The monoisotopic (exact) mass is 557 g/mol. The number of nitrogens with zero attached hydrogens (tertiary/aromatic N) is 3. The minimum atomic E-state index is -0.509. The summed E-state index contributed by atoms with van der Waals surface area (Å²) in [5.41, 5.74) is 1.64. The smallest absolute Gasteiger partial charge is 0.410 e. The number of hydrogen-bond acceptors (Lipinski definition) is 7. The molecule has 9 nitrogen and oxygen atoms in total. The number of carbonyl (C=O) groups is 2. The first kappa shape index (κ1) is 30.0. The second-order valence-corrected chi connectivity index (χ2v) is 12.8. The molecular weight excluding hydrogens is 510 g/mol. The Bertz CT molecular complexity index is 1090. The number of carbonyl (C=O) groups excluding carboxylic acids is 2. The molecule has 40 heavy (non-hydrogen) atoms. The van der Waals surface area contributed by atoms with Crippen molar-refractivity contribution in [3.8, 4) is 17.2 Å². The first-order valence-corrected chi connectivity index (χ1v) is 14.4. The minimum Gasteiger partial charge on any atom is -0.493 e. The Balaban J connectivity index is 1.48. The van der Waals surface area contributed by atoms with Gasteiger partial charge in [-0.15, -0.1) is 0 Å². The summed E-state index contributed by atoms with van der Waals surface area (Å²) >= 11 is 0. The summed E-state index contributed by atoms with van der Waals surface area (Å²) in [4.78, 5) is 32.6. The van der Waals surface area contributed by atoms with E-state index >= 15 is 0 Å². The average Bonchev–Trinajstić information content (AvgIpc) is 2.93. The van der Waals surface area contributed by atoms with Gasteiger partial charge in [0.05, 0.1) is 21.3 Å². The SMILES string of the molecule is COc1cc(C(=O)N(CCN2CCN(C(=O)OC(C)(C)C)CC2)CC2=CCC3CC2C3(C)C)cc(OC)c1OC. The van der Waals surface area contributed by atoms with Crippen LogP contribution in [0.3, 0.4) is 0 Å². The van der Waals surface area contributed by atoms with Crippen molar-refractivity contribution >= 4 is 12.0 Å². The minimum absolute atomic E-state index is 0.0632. The fraction of sp³-hybridized carbons (Fsp3) is 0.677. The summed E-state index contributed by atoms with van der Waals surface area (Å²) in [7, 11) is 4.67. The lowest BCUT2D eigenvalue weighted by Gasteiger charge is -2.57. The van der Waals surface area contributed by atoms with Crippen LogP contribution < -0.4 is 14.2 Å². The van der Waals surface area contributed by atoms with Gasteiger partial charge in [-0.05, 0) is 63.0 Å². The van der Waals surface area contributed by atoms with Crippen LogP contribution in [0.4, 0.5) is 4.79 Å². The lowest BCUT2D eigenvalue weighted by Crippen LogP contribution is -2.52. The number of methoxy groups -OCH3 is 3. The molecule has 0 spiro atoms. The van der Waals surface area contributed by atoms with Gasteiger partial charge in [0.25, 0.3) is 5.91 Å². The number of piperazine rings is 1. The number of rotatable bonds is 9. The van der Waals surface area contributed by atoms with Crippen molar-refractivity contribution in [3.63, 3.8) is 0 Å². The number of hydrogen-bond donors (Lipinski definition) is 0. The second kappa shape index (κ2) is 11.9. The molecule has 0 radical (unpaired) electrons. The molecule has 2 unspecified atom stereocenters. The lowest BCUT2D eigenvalue weighted by atomic mass is 9.49. The van der Waals surface area contributed by atoms with Crippen molar-refractivity contribution in [2.45, 2.75) is 53.1 Å². The maximum Gasteiger partial charge on any atom is 0.410 e. The Morgan fingerprint density at radius 1 is 1.00 bits per heavy atom. The number of amides is 2. The third-order valence-electron chi connectivity index (χ3n) is 8.87. The van der Waals surface area contributed by atoms with Crippen molar-refractivity contribution in [1.29, 1.82) is 0 Å². The molecule has 1 saturated carbocycles. The zero-order valence-electron chi connectivity index (χ0n) is 25.5. The van der Waals surface area contributed by atoms with Crippen LogP contribution in [0.2, 0.25) is 0 Å². The summed E-state index contributed by atoms with van der Waals surface area (Å²) < 4.78 is 22.1. The van der Waals surface area contributed by atoms with Gasteiger partial charge in [-0.2, -0.15) is 0 Å². The van der Waals surface area contributed by atoms with Gasteiger partial charge in [0.15, 0.2) is 11.5 Å². The molecule has 3 aliphatic carbocycles. The van der Waals surface area contributed by atoms with Gasteiger partial charge in [-0.1, -0.05) is 25.5 Å². The molecule has 9 heteroatoms. The van der Waals surface area contributed by atoms with Gasteiger partial charge in [-0.25, -0.2) is 4.79 Å². The van der Waals surface area contributed by atoms with Crippen LogP contribution in [0.15, 0.2) is 23.8 Å². The molecule has 1 aromatic rings. The highest BCUT2D eigenvalue weighted by Crippen LogP contribution is 2.59. The Hall–Kier alpha value is -2.94. The van der Waals surface area contributed by atoms with E-state index in [1.54, 1.807) is 38.4 Å². The van der Waals surface area contributed by atoms with Gasteiger partial charge in [0, 0.05) is 51.4 Å². The van der Waals surface area contributed by atoms with Gasteiger partial charge in [0.2, 0.25) is 5.75 Å². The summed E-state index contributed by atoms with van der Waals surface area (Å²) in [5, 5.41) is 0. The van der Waals surface area contributed by atoms with Crippen LogP contribution in [0.5, 0.6) is 17.2 Å². The predicted molar refractivity (Wildman–Crippen MR) is 154 cm³/mol. The average molecular weight is 558 g/mol. The Kier molecular flexibility index (Phi) is 8.93. The van der Waals surface area contributed by atoms with Crippen LogP contribution in [-0.4, -0.2) is 99.4 Å². The molecule has 1 aromatic carbocycles. The maximum atomic E-state index is 14.0. The van der Waals surface area contributed by atoms with E-state index in [0.717, 1.165) is 32.0 Å². The van der Waals surface area contributed by atoms with Crippen molar-refractivity contribution in [2.24, 2.45) is 17.3 Å². The van der Waals surface area contributed by atoms with E-state index < -0.39 is 5.60 Å². The van der Waals surface area contributed by atoms with Crippen LogP contribution in [0.25, 0.3) is 0 Å². The summed E-state index contributed by atoms with van der Waals surface area (Å²) in [6.07, 6.45) is 4.38. The predicted octanol–water partition coefficient (Wildman–Crippen LogP) is 4.70. The summed E-state index contributed by atoms with van der Waals surface area (Å²) in [6.45, 7) is 15.0. The van der Waals surface area contributed by atoms with E-state index in [0.29, 0.717) is 54.9 Å². The topological polar surface area (TPSA) is 80.8 Å². The Labute approximate surface area is 239 Å². The highest BCUT2D eigenvalue weighted by atomic mass is 16.6. The quantitative estimate of drug-likeness (QED) is 0.407. The molecule has 1 saturated heterocycles. The molecule has 2 atom stereocenters. The van der Waals surface area contributed by atoms with Crippen LogP contribution >= 0.6 is 0 Å². The number of allylic oxidation sites excluding steroid dienone is 1. The number of ether oxygens (including phenoxy) is 4. The van der Waals surface area contributed by atoms with E-state index in [1.165, 1.54) is 12.0 Å². The van der Waals surface area contributed by atoms with E-state index in [4.69, 9.17) is 18.9 Å². The Morgan fingerprint density at radius 2 is 1.62 bits per heavy atom. The number of fused-ring (bicyclic) bond motifs is 1. The van der Waals surface area contributed by atoms with E-state index in [2.05, 4.69) is 24.8 Å². The molecule has 0 aromatic heterocycles. The van der Waals surface area contributed by atoms with Crippen molar-refractivity contribution in [2.75, 3.05) is 67.1 Å². The van der Waals surface area contributed by atoms with Gasteiger partial charge >= 0.3 is 6.09 Å². The first-order valence-electron chi connectivity index (χ1n) is 14.4. The van der Waals surface area contributed by atoms with Gasteiger partial charge in [-0.3, -0.25) is 9.69 Å². The van der Waals surface area contributed by atoms with Crippen LogP contribution in [0, 0.1) is 17.3 Å². The second-order valence-electron chi connectivity index (χ2n) is 12.8. The third kappa shape index (κ3) is 6.35. The molecule has 1 heterocycles. The van der Waals surface area contributed by atoms with Crippen LogP contribution in [-0.2, 0) is 4.74 Å². The maximum absolute atomic E-state index is 14.0. The molecule has 222 valence electrons. The molecule has 5 rings (SSSR count). The summed E-state index contributed by atoms with van der Waals surface area (Å²) in [6, 6.07) is 3.46. The standard InChI is InChI=1S/C31H47N3O6/c1-30(2,3)40-29(36)33-14-11-32(12-15-33)13-16-34(20-21-9-10-23-19-24(21)31(23,4)5)28(35)22-17-25(37-6)27(39-8)26(18-22)38-7/h9,17-18,23-24H,10-16,19-20H2,1-8H3. The van der Waals surface area contributed by atoms with E-state index in [9.17, 15) is 9.59 Å². The van der Waals surface area contributed by atoms with Crippen molar-refractivity contribution in [3.05, 3.63) is 29.3 Å². The fourth-order valence-corrected chi connectivity index (χ4v) is 6.26. The van der Waals surface area contributed by atoms with Gasteiger partial charge in [0.1, 0.15) is 5.60 Å². The van der Waals surface area contributed by atoms with Crippen molar-refractivity contribution < 1.29 is 28.5 Å².